The number of carbonyl (C=O) groups excluding carboxylic acids is 1. The van der Waals surface area contributed by atoms with Gasteiger partial charge < -0.3 is 10.6 Å². The SMILES string of the molecule is CNCC(C(=O)Nc1ccc(C#N)cc1)C(C)C. The van der Waals surface area contributed by atoms with Crippen LogP contribution in [0.3, 0.4) is 0 Å². The minimum Gasteiger partial charge on any atom is -0.326 e. The summed E-state index contributed by atoms with van der Waals surface area (Å²) in [5.41, 5.74) is 1.31. The lowest BCUT2D eigenvalue weighted by Crippen LogP contribution is -2.34. The van der Waals surface area contributed by atoms with Gasteiger partial charge in [0.25, 0.3) is 0 Å². The molecule has 0 spiro atoms. The minimum absolute atomic E-state index is 0.00376. The lowest BCUT2D eigenvalue weighted by atomic mass is 9.95. The molecule has 0 aliphatic carbocycles. The highest BCUT2D eigenvalue weighted by Crippen LogP contribution is 2.15. The first-order valence-corrected chi connectivity index (χ1v) is 6.04. The van der Waals surface area contributed by atoms with Gasteiger partial charge in [0.15, 0.2) is 0 Å². The number of nitriles is 1. The van der Waals surface area contributed by atoms with E-state index in [0.29, 0.717) is 12.1 Å². The molecular formula is C14H19N3O. The predicted molar refractivity (Wildman–Crippen MR) is 72.0 cm³/mol. The third-order valence-electron chi connectivity index (χ3n) is 2.85. The number of nitrogens with one attached hydrogen (secondary N) is 2. The van der Waals surface area contributed by atoms with Crippen LogP contribution in [0, 0.1) is 23.2 Å². The van der Waals surface area contributed by atoms with Gasteiger partial charge in [0.1, 0.15) is 0 Å². The maximum Gasteiger partial charge on any atom is 0.229 e. The number of benzene rings is 1. The highest BCUT2D eigenvalue weighted by atomic mass is 16.1. The molecule has 1 atom stereocenters. The van der Waals surface area contributed by atoms with E-state index in [1.807, 2.05) is 27.0 Å². The van der Waals surface area contributed by atoms with Crippen LogP contribution in [0.5, 0.6) is 0 Å². The molecule has 4 heteroatoms. The van der Waals surface area contributed by atoms with Crippen LogP contribution in [0.2, 0.25) is 0 Å². The molecule has 1 aromatic rings. The number of rotatable bonds is 5. The molecule has 0 aliphatic rings. The third kappa shape index (κ3) is 3.86. The smallest absolute Gasteiger partial charge is 0.229 e. The zero-order valence-corrected chi connectivity index (χ0v) is 11.0. The molecule has 96 valence electrons. The molecule has 0 aromatic heterocycles. The van der Waals surface area contributed by atoms with Gasteiger partial charge in [0, 0.05) is 12.2 Å². The Morgan fingerprint density at radius 3 is 2.39 bits per heavy atom. The van der Waals surface area contributed by atoms with E-state index in [0.717, 1.165) is 5.69 Å². The first kappa shape index (κ1) is 14.2. The van der Waals surface area contributed by atoms with Crippen LogP contribution in [-0.4, -0.2) is 19.5 Å². The van der Waals surface area contributed by atoms with Gasteiger partial charge in [-0.05, 0) is 37.2 Å². The number of anilines is 1. The van der Waals surface area contributed by atoms with Crippen molar-refractivity contribution in [2.45, 2.75) is 13.8 Å². The maximum atomic E-state index is 12.1. The Kier molecular flexibility index (Phi) is 5.34. The van der Waals surface area contributed by atoms with Crippen molar-refractivity contribution < 1.29 is 4.79 Å². The summed E-state index contributed by atoms with van der Waals surface area (Å²) in [4.78, 5) is 12.1. The zero-order valence-electron chi connectivity index (χ0n) is 11.0. The van der Waals surface area contributed by atoms with E-state index >= 15 is 0 Å². The number of nitrogens with zero attached hydrogens (tertiary/aromatic N) is 1. The zero-order chi connectivity index (χ0) is 13.5. The molecule has 1 aromatic carbocycles. The molecule has 0 aliphatic heterocycles. The van der Waals surface area contributed by atoms with Gasteiger partial charge in [-0.2, -0.15) is 5.26 Å². The third-order valence-corrected chi connectivity index (χ3v) is 2.85. The largest absolute Gasteiger partial charge is 0.326 e. The van der Waals surface area contributed by atoms with Crippen molar-refractivity contribution in [3.63, 3.8) is 0 Å². The molecule has 1 amide bonds. The number of carbonyl (C=O) groups is 1. The second kappa shape index (κ2) is 6.77. The van der Waals surface area contributed by atoms with Gasteiger partial charge in [-0.3, -0.25) is 4.79 Å². The fourth-order valence-corrected chi connectivity index (χ4v) is 1.71. The summed E-state index contributed by atoms with van der Waals surface area (Å²) < 4.78 is 0. The Hall–Kier alpha value is -1.86. The van der Waals surface area contributed by atoms with Crippen molar-refractivity contribution in [2.24, 2.45) is 11.8 Å². The van der Waals surface area contributed by atoms with Crippen molar-refractivity contribution >= 4 is 11.6 Å². The molecule has 0 heterocycles. The number of hydrogen-bond acceptors (Lipinski definition) is 3. The summed E-state index contributed by atoms with van der Waals surface area (Å²) in [5.74, 6) is 0.213. The second-order valence-corrected chi connectivity index (χ2v) is 4.59. The first-order chi connectivity index (χ1) is 8.58. The minimum atomic E-state index is -0.0642. The fourth-order valence-electron chi connectivity index (χ4n) is 1.71. The topological polar surface area (TPSA) is 64.9 Å². The number of amides is 1. The lowest BCUT2D eigenvalue weighted by Gasteiger charge is -2.19. The molecule has 0 fully saturated rings. The molecule has 18 heavy (non-hydrogen) atoms. The summed E-state index contributed by atoms with van der Waals surface area (Å²) in [5, 5.41) is 14.6. The highest BCUT2D eigenvalue weighted by molar-refractivity contribution is 5.92. The summed E-state index contributed by atoms with van der Waals surface area (Å²) in [6.07, 6.45) is 0. The quantitative estimate of drug-likeness (QED) is 0.833. The van der Waals surface area contributed by atoms with Crippen LogP contribution in [0.25, 0.3) is 0 Å². The van der Waals surface area contributed by atoms with Gasteiger partial charge in [0.05, 0.1) is 17.6 Å². The van der Waals surface area contributed by atoms with Crippen LogP contribution in [-0.2, 0) is 4.79 Å². The van der Waals surface area contributed by atoms with Crippen molar-refractivity contribution in [2.75, 3.05) is 18.9 Å². The normalized spacial score (nSPS) is 11.9. The standard InChI is InChI=1S/C14H19N3O/c1-10(2)13(9-16-3)14(18)17-12-6-4-11(8-15)5-7-12/h4-7,10,13,16H,9H2,1-3H3,(H,17,18). The van der Waals surface area contributed by atoms with Crippen molar-refractivity contribution in [3.05, 3.63) is 29.8 Å². The van der Waals surface area contributed by atoms with Crippen LogP contribution in [0.4, 0.5) is 5.69 Å². The van der Waals surface area contributed by atoms with Gasteiger partial charge >= 0.3 is 0 Å². The van der Waals surface area contributed by atoms with Gasteiger partial charge in [0.2, 0.25) is 5.91 Å². The van der Waals surface area contributed by atoms with E-state index in [2.05, 4.69) is 10.6 Å². The lowest BCUT2D eigenvalue weighted by molar-refractivity contribution is -0.120. The van der Waals surface area contributed by atoms with Crippen LogP contribution >= 0.6 is 0 Å². The van der Waals surface area contributed by atoms with E-state index < -0.39 is 0 Å². The Morgan fingerprint density at radius 1 is 1.33 bits per heavy atom. The molecule has 0 bridgehead atoms. The average Bonchev–Trinajstić information content (AvgIpc) is 2.36. The molecule has 0 saturated heterocycles. The van der Waals surface area contributed by atoms with E-state index in [9.17, 15) is 4.79 Å². The molecule has 0 saturated carbocycles. The Labute approximate surface area is 108 Å². The van der Waals surface area contributed by atoms with E-state index in [-0.39, 0.29) is 17.7 Å². The van der Waals surface area contributed by atoms with Crippen LogP contribution < -0.4 is 10.6 Å². The number of hydrogen-bond donors (Lipinski definition) is 2. The predicted octanol–water partition coefficient (Wildman–Crippen LogP) is 1.99. The Morgan fingerprint density at radius 2 is 1.94 bits per heavy atom. The summed E-state index contributed by atoms with van der Waals surface area (Å²) in [6, 6.07) is 8.92. The van der Waals surface area contributed by atoms with Gasteiger partial charge in [-0.1, -0.05) is 13.8 Å². The van der Waals surface area contributed by atoms with Crippen molar-refractivity contribution in [1.82, 2.24) is 5.32 Å². The van der Waals surface area contributed by atoms with Gasteiger partial charge in [-0.25, -0.2) is 0 Å². The van der Waals surface area contributed by atoms with Gasteiger partial charge in [-0.15, -0.1) is 0 Å². The van der Waals surface area contributed by atoms with E-state index in [4.69, 9.17) is 5.26 Å². The average molecular weight is 245 g/mol. The molecule has 2 N–H and O–H groups in total. The summed E-state index contributed by atoms with van der Waals surface area (Å²) in [7, 11) is 1.84. The summed E-state index contributed by atoms with van der Waals surface area (Å²) in [6.45, 7) is 4.71. The maximum absolute atomic E-state index is 12.1. The second-order valence-electron chi connectivity index (χ2n) is 4.59. The molecule has 0 radical (unpaired) electrons. The highest BCUT2D eigenvalue weighted by Gasteiger charge is 2.21. The molecule has 1 unspecified atom stereocenters. The van der Waals surface area contributed by atoms with Crippen molar-refractivity contribution in [1.29, 1.82) is 5.26 Å². The van der Waals surface area contributed by atoms with E-state index in [1.165, 1.54) is 0 Å². The van der Waals surface area contributed by atoms with Crippen LogP contribution in [0.15, 0.2) is 24.3 Å². The molecule has 4 nitrogen and oxygen atoms in total. The van der Waals surface area contributed by atoms with Crippen LogP contribution in [0.1, 0.15) is 19.4 Å². The molecule has 1 rings (SSSR count). The van der Waals surface area contributed by atoms with Crippen molar-refractivity contribution in [3.8, 4) is 6.07 Å². The Balaban J connectivity index is 2.70. The Bertz CT molecular complexity index is 431. The fraction of sp³-hybridized carbons (Fsp3) is 0.429. The monoisotopic (exact) mass is 245 g/mol. The molecular weight excluding hydrogens is 226 g/mol. The van der Waals surface area contributed by atoms with E-state index in [1.54, 1.807) is 24.3 Å². The summed E-state index contributed by atoms with van der Waals surface area (Å²) >= 11 is 0. The first-order valence-electron chi connectivity index (χ1n) is 6.04.